The molecular formula is C13H18N4OS2. The van der Waals surface area contributed by atoms with Crippen LogP contribution < -0.4 is 5.32 Å². The van der Waals surface area contributed by atoms with Crippen LogP contribution in [0.1, 0.15) is 22.9 Å². The maximum Gasteiger partial charge on any atom is 0.230 e. The molecule has 2 N–H and O–H groups in total. The van der Waals surface area contributed by atoms with Gasteiger partial charge in [-0.1, -0.05) is 0 Å². The summed E-state index contributed by atoms with van der Waals surface area (Å²) < 4.78 is 0. The van der Waals surface area contributed by atoms with Crippen LogP contribution in [0.3, 0.4) is 0 Å². The number of rotatable bonds is 8. The third kappa shape index (κ3) is 5.34. The van der Waals surface area contributed by atoms with Gasteiger partial charge in [0.25, 0.3) is 0 Å². The second kappa shape index (κ2) is 8.06. The van der Waals surface area contributed by atoms with Crippen molar-refractivity contribution in [3.8, 4) is 0 Å². The number of H-pyrrole nitrogens is 1. The molecule has 5 nitrogen and oxygen atoms in total. The summed E-state index contributed by atoms with van der Waals surface area (Å²) in [5.41, 5.74) is 1.06. The minimum atomic E-state index is 0.0846. The lowest BCUT2D eigenvalue weighted by Crippen LogP contribution is -2.26. The van der Waals surface area contributed by atoms with Crippen LogP contribution in [0.4, 0.5) is 0 Å². The van der Waals surface area contributed by atoms with Crippen molar-refractivity contribution in [3.63, 3.8) is 0 Å². The van der Waals surface area contributed by atoms with Gasteiger partial charge in [-0.25, -0.2) is 9.97 Å². The largest absolute Gasteiger partial charge is 0.355 e. The lowest BCUT2D eigenvalue weighted by Gasteiger charge is -2.03. The Morgan fingerprint density at radius 1 is 1.55 bits per heavy atom. The fourth-order valence-electron chi connectivity index (χ4n) is 1.69. The maximum atomic E-state index is 11.6. The number of carbonyl (C=O) groups excluding carboxylic acids is 1. The van der Waals surface area contributed by atoms with E-state index in [0.29, 0.717) is 12.3 Å². The Morgan fingerprint density at radius 2 is 2.45 bits per heavy atom. The van der Waals surface area contributed by atoms with Crippen molar-refractivity contribution in [3.05, 3.63) is 34.3 Å². The highest BCUT2D eigenvalue weighted by Gasteiger charge is 2.03. The highest BCUT2D eigenvalue weighted by Crippen LogP contribution is 2.14. The van der Waals surface area contributed by atoms with E-state index in [9.17, 15) is 4.79 Å². The number of aromatic amines is 1. The molecule has 0 unspecified atom stereocenters. The molecule has 0 aliphatic carbocycles. The number of thiazole rings is 1. The summed E-state index contributed by atoms with van der Waals surface area (Å²) in [5, 5.41) is 6.03. The number of imidazole rings is 1. The summed E-state index contributed by atoms with van der Waals surface area (Å²) in [7, 11) is 0. The summed E-state index contributed by atoms with van der Waals surface area (Å²) >= 11 is 3.24. The van der Waals surface area contributed by atoms with Crippen molar-refractivity contribution in [1.82, 2.24) is 20.3 Å². The third-order valence-electron chi connectivity index (χ3n) is 2.62. The van der Waals surface area contributed by atoms with Gasteiger partial charge in [0.1, 0.15) is 5.82 Å². The molecule has 0 fully saturated rings. The molecule has 2 aromatic heterocycles. The Bertz CT molecular complexity index is 524. The Labute approximate surface area is 126 Å². The molecule has 108 valence electrons. The number of hydrogen-bond acceptors (Lipinski definition) is 5. The molecule has 0 atom stereocenters. The summed E-state index contributed by atoms with van der Waals surface area (Å²) in [6.07, 6.45) is 5.31. The second-order valence-corrected chi connectivity index (χ2v) is 6.39. The Hall–Kier alpha value is -1.34. The van der Waals surface area contributed by atoms with Gasteiger partial charge >= 0.3 is 0 Å². The first kappa shape index (κ1) is 15.1. The molecule has 2 aromatic rings. The Morgan fingerprint density at radius 3 is 3.15 bits per heavy atom. The van der Waals surface area contributed by atoms with Crippen LogP contribution in [0.2, 0.25) is 0 Å². The molecule has 0 radical (unpaired) electrons. The molecule has 7 heteroatoms. The van der Waals surface area contributed by atoms with E-state index >= 15 is 0 Å². The zero-order valence-corrected chi connectivity index (χ0v) is 13.0. The predicted octanol–water partition coefficient (Wildman–Crippen LogP) is 2.16. The van der Waals surface area contributed by atoms with Gasteiger partial charge in [0, 0.05) is 36.5 Å². The van der Waals surface area contributed by atoms with Crippen LogP contribution in [0.15, 0.2) is 17.8 Å². The normalized spacial score (nSPS) is 10.7. The molecule has 0 spiro atoms. The monoisotopic (exact) mass is 310 g/mol. The van der Waals surface area contributed by atoms with Crippen molar-refractivity contribution in [2.24, 2.45) is 0 Å². The maximum absolute atomic E-state index is 11.6. The minimum Gasteiger partial charge on any atom is -0.355 e. The van der Waals surface area contributed by atoms with Crippen LogP contribution in [0.25, 0.3) is 0 Å². The number of aromatic nitrogens is 3. The fraction of sp³-hybridized carbons (Fsp3) is 0.462. The first-order chi connectivity index (χ1) is 9.74. The van der Waals surface area contributed by atoms with E-state index in [4.69, 9.17) is 0 Å². The van der Waals surface area contributed by atoms with E-state index < -0.39 is 0 Å². The van der Waals surface area contributed by atoms with E-state index in [1.54, 1.807) is 29.3 Å². The number of carbonyl (C=O) groups is 1. The lowest BCUT2D eigenvalue weighted by molar-refractivity contribution is -0.118. The Balaban J connectivity index is 1.52. The van der Waals surface area contributed by atoms with E-state index in [1.807, 2.05) is 18.5 Å². The summed E-state index contributed by atoms with van der Waals surface area (Å²) in [6, 6.07) is 0. The van der Waals surface area contributed by atoms with Gasteiger partial charge < -0.3 is 10.3 Å². The second-order valence-electron chi connectivity index (χ2n) is 4.34. The number of amides is 1. The van der Waals surface area contributed by atoms with Crippen LogP contribution in [-0.2, 0) is 17.0 Å². The minimum absolute atomic E-state index is 0.0846. The molecule has 0 aliphatic rings. The predicted molar refractivity (Wildman–Crippen MR) is 82.9 cm³/mol. The molecule has 0 aliphatic heterocycles. The van der Waals surface area contributed by atoms with E-state index in [1.165, 1.54) is 0 Å². The number of hydrogen-bond donors (Lipinski definition) is 2. The van der Waals surface area contributed by atoms with Crippen molar-refractivity contribution < 1.29 is 4.79 Å². The average Bonchev–Trinajstić information content (AvgIpc) is 3.06. The number of nitrogens with one attached hydrogen (secondary N) is 2. The first-order valence-electron chi connectivity index (χ1n) is 6.48. The first-order valence-corrected chi connectivity index (χ1v) is 8.51. The molecule has 0 aromatic carbocycles. The van der Waals surface area contributed by atoms with Crippen LogP contribution in [0, 0.1) is 6.92 Å². The number of aryl methyl sites for hydroxylation is 2. The average molecular weight is 310 g/mol. The van der Waals surface area contributed by atoms with Crippen LogP contribution >= 0.6 is 23.1 Å². The van der Waals surface area contributed by atoms with E-state index in [0.717, 1.165) is 35.1 Å². The molecule has 0 saturated heterocycles. The number of nitrogens with zero attached hydrogens (tertiary/aromatic N) is 2. The van der Waals surface area contributed by atoms with Gasteiger partial charge in [-0.3, -0.25) is 4.79 Å². The fourth-order valence-corrected chi connectivity index (χ4v) is 3.16. The van der Waals surface area contributed by atoms with Crippen molar-refractivity contribution >= 4 is 29.0 Å². The molecule has 2 heterocycles. The smallest absolute Gasteiger partial charge is 0.230 e. The molecule has 0 bridgehead atoms. The SMILES string of the molecule is Cc1nc(CSCC(=O)NCCCc2ncc[nH]2)cs1. The van der Waals surface area contributed by atoms with Gasteiger partial charge in [-0.2, -0.15) is 0 Å². The summed E-state index contributed by atoms with van der Waals surface area (Å²) in [4.78, 5) is 23.2. The molecule has 0 saturated carbocycles. The Kier molecular flexibility index (Phi) is 6.07. The molecule has 2 rings (SSSR count). The van der Waals surface area contributed by atoms with Crippen LogP contribution in [-0.4, -0.2) is 33.2 Å². The molecule has 20 heavy (non-hydrogen) atoms. The summed E-state index contributed by atoms with van der Waals surface area (Å²) in [5.74, 6) is 2.33. The molecular weight excluding hydrogens is 292 g/mol. The lowest BCUT2D eigenvalue weighted by atomic mass is 10.3. The molecule has 1 amide bonds. The van der Waals surface area contributed by atoms with E-state index in [-0.39, 0.29) is 5.91 Å². The van der Waals surface area contributed by atoms with Gasteiger partial charge in [0.15, 0.2) is 0 Å². The van der Waals surface area contributed by atoms with Gasteiger partial charge in [0.05, 0.1) is 16.5 Å². The zero-order chi connectivity index (χ0) is 14.2. The highest BCUT2D eigenvalue weighted by molar-refractivity contribution is 7.99. The highest BCUT2D eigenvalue weighted by atomic mass is 32.2. The third-order valence-corrected chi connectivity index (χ3v) is 4.41. The van der Waals surface area contributed by atoms with Gasteiger partial charge in [-0.05, 0) is 13.3 Å². The van der Waals surface area contributed by atoms with Crippen molar-refractivity contribution in [1.29, 1.82) is 0 Å². The quantitative estimate of drug-likeness (QED) is 0.733. The van der Waals surface area contributed by atoms with Crippen LogP contribution in [0.5, 0.6) is 0 Å². The zero-order valence-electron chi connectivity index (χ0n) is 11.4. The van der Waals surface area contributed by atoms with Crippen molar-refractivity contribution in [2.75, 3.05) is 12.3 Å². The van der Waals surface area contributed by atoms with E-state index in [2.05, 4.69) is 20.3 Å². The van der Waals surface area contributed by atoms with Gasteiger partial charge in [-0.15, -0.1) is 23.1 Å². The van der Waals surface area contributed by atoms with Crippen molar-refractivity contribution in [2.45, 2.75) is 25.5 Å². The standard InChI is InChI=1S/C13H18N4OS2/c1-10-17-11(8-20-10)7-19-9-13(18)16-4-2-3-12-14-5-6-15-12/h5-6,8H,2-4,7,9H2,1H3,(H,14,15)(H,16,18). The summed E-state index contributed by atoms with van der Waals surface area (Å²) in [6.45, 7) is 2.68. The number of thioether (sulfide) groups is 1. The van der Waals surface area contributed by atoms with Gasteiger partial charge in [0.2, 0.25) is 5.91 Å². The topological polar surface area (TPSA) is 70.7 Å².